The Bertz CT molecular complexity index is 1030. The molecule has 3 aromatic rings. The minimum Gasteiger partial charge on any atom is -0.496 e. The van der Waals surface area contributed by atoms with E-state index >= 15 is 0 Å². The highest BCUT2D eigenvalue weighted by molar-refractivity contribution is 5.92. The number of para-hydroxylation sites is 1. The van der Waals surface area contributed by atoms with Crippen LogP contribution in [-0.4, -0.2) is 45.2 Å². The first-order valence-electron chi connectivity index (χ1n) is 9.20. The second-order valence-electron chi connectivity index (χ2n) is 6.79. The maximum atomic E-state index is 12.6. The minimum atomic E-state index is -0.640. The van der Waals surface area contributed by atoms with Crippen molar-refractivity contribution < 1.29 is 19.1 Å². The van der Waals surface area contributed by atoms with Crippen molar-refractivity contribution in [2.75, 3.05) is 13.7 Å². The number of amides is 1. The van der Waals surface area contributed by atoms with E-state index in [9.17, 15) is 9.59 Å². The molecule has 1 aromatic carbocycles. The summed E-state index contributed by atoms with van der Waals surface area (Å²) in [6, 6.07) is 7.09. The van der Waals surface area contributed by atoms with Crippen molar-refractivity contribution in [2.24, 2.45) is 0 Å². The van der Waals surface area contributed by atoms with Gasteiger partial charge in [0.15, 0.2) is 6.61 Å². The van der Waals surface area contributed by atoms with Gasteiger partial charge in [-0.05, 0) is 18.9 Å². The molecule has 0 saturated carbocycles. The average molecular weight is 397 g/mol. The molecule has 1 unspecified atom stereocenters. The van der Waals surface area contributed by atoms with E-state index in [0.29, 0.717) is 17.2 Å². The standard InChI is InChI=1S/C20H23N5O4/c1-12(2)18-15(9-21-20-22-11-23-25(18)20)19(27)29-10-17(26)24-13(3)14-7-5-6-8-16(14)28-4/h5-9,11-13H,10H2,1-4H3,(H,24,26). The lowest BCUT2D eigenvalue weighted by molar-refractivity contribution is -0.124. The Balaban J connectivity index is 1.67. The molecule has 9 nitrogen and oxygen atoms in total. The molecule has 1 N–H and O–H groups in total. The van der Waals surface area contributed by atoms with Crippen LogP contribution in [0.15, 0.2) is 36.8 Å². The molecule has 1 amide bonds. The Morgan fingerprint density at radius 3 is 2.66 bits per heavy atom. The van der Waals surface area contributed by atoms with E-state index in [1.165, 1.54) is 17.0 Å². The number of hydrogen-bond donors (Lipinski definition) is 1. The summed E-state index contributed by atoms with van der Waals surface area (Å²) in [7, 11) is 1.57. The van der Waals surface area contributed by atoms with Gasteiger partial charge in [-0.1, -0.05) is 32.0 Å². The first-order valence-corrected chi connectivity index (χ1v) is 9.20. The first-order chi connectivity index (χ1) is 13.9. The zero-order valence-electron chi connectivity index (χ0n) is 16.7. The predicted molar refractivity (Wildman–Crippen MR) is 105 cm³/mol. The smallest absolute Gasteiger partial charge is 0.342 e. The van der Waals surface area contributed by atoms with E-state index in [2.05, 4.69) is 20.4 Å². The largest absolute Gasteiger partial charge is 0.496 e. The van der Waals surface area contributed by atoms with E-state index in [4.69, 9.17) is 9.47 Å². The Morgan fingerprint density at radius 2 is 1.93 bits per heavy atom. The Hall–Kier alpha value is -3.49. The van der Waals surface area contributed by atoms with E-state index in [-0.39, 0.29) is 17.5 Å². The first kappa shape index (κ1) is 20.2. The molecule has 1 atom stereocenters. The number of nitrogens with one attached hydrogen (secondary N) is 1. The predicted octanol–water partition coefficient (Wildman–Crippen LogP) is 2.29. The minimum absolute atomic E-state index is 0.0239. The van der Waals surface area contributed by atoms with Crippen LogP contribution >= 0.6 is 0 Å². The van der Waals surface area contributed by atoms with Gasteiger partial charge in [0.2, 0.25) is 0 Å². The van der Waals surface area contributed by atoms with Crippen molar-refractivity contribution in [3.8, 4) is 5.75 Å². The molecule has 2 heterocycles. The quantitative estimate of drug-likeness (QED) is 0.609. The number of methoxy groups -OCH3 is 1. The number of benzene rings is 1. The molecule has 3 rings (SSSR count). The molecule has 0 fully saturated rings. The van der Waals surface area contributed by atoms with Gasteiger partial charge in [-0.15, -0.1) is 0 Å². The molecule has 29 heavy (non-hydrogen) atoms. The molecule has 0 spiro atoms. The summed E-state index contributed by atoms with van der Waals surface area (Å²) in [5.74, 6) is -0.0137. The highest BCUT2D eigenvalue weighted by Crippen LogP contribution is 2.24. The fourth-order valence-electron chi connectivity index (χ4n) is 3.10. The van der Waals surface area contributed by atoms with Gasteiger partial charge >= 0.3 is 5.97 Å². The molecule has 0 bridgehead atoms. The number of carbonyl (C=O) groups is 2. The van der Waals surface area contributed by atoms with Crippen molar-refractivity contribution >= 4 is 17.7 Å². The van der Waals surface area contributed by atoms with Crippen LogP contribution in [-0.2, 0) is 9.53 Å². The molecule has 0 aliphatic rings. The summed E-state index contributed by atoms with van der Waals surface area (Å²) in [5, 5.41) is 6.91. The maximum Gasteiger partial charge on any atom is 0.342 e. The summed E-state index contributed by atoms with van der Waals surface area (Å²) < 4.78 is 12.0. The van der Waals surface area contributed by atoms with Crippen molar-refractivity contribution in [3.63, 3.8) is 0 Å². The maximum absolute atomic E-state index is 12.6. The van der Waals surface area contributed by atoms with E-state index < -0.39 is 18.5 Å². The van der Waals surface area contributed by atoms with Gasteiger partial charge in [0.1, 0.15) is 12.1 Å². The molecule has 0 aliphatic carbocycles. The number of fused-ring (bicyclic) bond motifs is 1. The van der Waals surface area contributed by atoms with Gasteiger partial charge in [0.25, 0.3) is 11.7 Å². The van der Waals surface area contributed by atoms with Gasteiger partial charge < -0.3 is 14.8 Å². The third-order valence-corrected chi connectivity index (χ3v) is 4.43. The van der Waals surface area contributed by atoms with E-state index in [1.807, 2.05) is 45.0 Å². The number of hydrogen-bond acceptors (Lipinski definition) is 7. The van der Waals surface area contributed by atoms with Crippen LogP contribution in [0.4, 0.5) is 0 Å². The summed E-state index contributed by atoms with van der Waals surface area (Å²) in [6.07, 6.45) is 2.77. The third-order valence-electron chi connectivity index (χ3n) is 4.43. The molecule has 0 aliphatic heterocycles. The van der Waals surface area contributed by atoms with Crippen LogP contribution in [0.1, 0.15) is 54.3 Å². The lowest BCUT2D eigenvalue weighted by atomic mass is 10.1. The highest BCUT2D eigenvalue weighted by Gasteiger charge is 2.22. The zero-order chi connectivity index (χ0) is 21.0. The lowest BCUT2D eigenvalue weighted by Gasteiger charge is -2.17. The highest BCUT2D eigenvalue weighted by atomic mass is 16.5. The van der Waals surface area contributed by atoms with Crippen molar-refractivity contribution in [2.45, 2.75) is 32.7 Å². The molecule has 0 radical (unpaired) electrons. The van der Waals surface area contributed by atoms with E-state index in [1.54, 1.807) is 7.11 Å². The Morgan fingerprint density at radius 1 is 1.17 bits per heavy atom. The van der Waals surface area contributed by atoms with Crippen molar-refractivity contribution in [3.05, 3.63) is 53.6 Å². The monoisotopic (exact) mass is 397 g/mol. The Labute approximate surface area is 168 Å². The fraction of sp³-hybridized carbons (Fsp3) is 0.350. The summed E-state index contributed by atoms with van der Waals surface area (Å²) in [6.45, 7) is 5.27. The summed E-state index contributed by atoms with van der Waals surface area (Å²) in [4.78, 5) is 33.0. The molecule has 9 heteroatoms. The normalized spacial score (nSPS) is 12.0. The third kappa shape index (κ3) is 4.34. The van der Waals surface area contributed by atoms with Crippen LogP contribution in [0.3, 0.4) is 0 Å². The number of esters is 1. The number of ether oxygens (including phenoxy) is 2. The van der Waals surface area contributed by atoms with Crippen molar-refractivity contribution in [1.82, 2.24) is 24.9 Å². The Kier molecular flexibility index (Phi) is 6.06. The topological polar surface area (TPSA) is 108 Å². The number of aromatic nitrogens is 4. The van der Waals surface area contributed by atoms with Crippen LogP contribution in [0.2, 0.25) is 0 Å². The van der Waals surface area contributed by atoms with Gasteiger partial charge in [-0.25, -0.2) is 14.3 Å². The second kappa shape index (κ2) is 8.68. The number of nitrogens with zero attached hydrogens (tertiary/aromatic N) is 4. The SMILES string of the molecule is COc1ccccc1C(C)NC(=O)COC(=O)c1cnc2ncnn2c1C(C)C. The summed E-state index contributed by atoms with van der Waals surface area (Å²) in [5.41, 5.74) is 1.71. The fourth-order valence-corrected chi connectivity index (χ4v) is 3.10. The second-order valence-corrected chi connectivity index (χ2v) is 6.79. The molecule has 0 saturated heterocycles. The van der Waals surface area contributed by atoms with E-state index in [0.717, 1.165) is 5.56 Å². The average Bonchev–Trinajstić information content (AvgIpc) is 3.19. The molecule has 2 aromatic heterocycles. The van der Waals surface area contributed by atoms with Crippen LogP contribution in [0.5, 0.6) is 5.75 Å². The van der Waals surface area contributed by atoms with Gasteiger partial charge in [0, 0.05) is 11.8 Å². The number of rotatable bonds is 7. The lowest BCUT2D eigenvalue weighted by Crippen LogP contribution is -2.31. The zero-order valence-corrected chi connectivity index (χ0v) is 16.7. The van der Waals surface area contributed by atoms with Crippen molar-refractivity contribution in [1.29, 1.82) is 0 Å². The molecular weight excluding hydrogens is 374 g/mol. The van der Waals surface area contributed by atoms with Crippen LogP contribution < -0.4 is 10.1 Å². The molecular formula is C20H23N5O4. The van der Waals surface area contributed by atoms with Gasteiger partial charge in [-0.2, -0.15) is 10.1 Å². The van der Waals surface area contributed by atoms with Crippen LogP contribution in [0.25, 0.3) is 5.78 Å². The summed E-state index contributed by atoms with van der Waals surface area (Å²) >= 11 is 0. The molecule has 152 valence electrons. The van der Waals surface area contributed by atoms with Gasteiger partial charge in [-0.3, -0.25) is 4.79 Å². The van der Waals surface area contributed by atoms with Gasteiger partial charge in [0.05, 0.1) is 24.4 Å². The number of carbonyl (C=O) groups excluding carboxylic acids is 2. The van der Waals surface area contributed by atoms with Crippen LogP contribution in [0, 0.1) is 0 Å².